The van der Waals surface area contributed by atoms with Gasteiger partial charge in [0.25, 0.3) is 0 Å². The Morgan fingerprint density at radius 1 is 0.897 bits per heavy atom. The van der Waals surface area contributed by atoms with Gasteiger partial charge in [-0.05, 0) is 41.8 Å². The van der Waals surface area contributed by atoms with Crippen molar-refractivity contribution < 1.29 is 4.74 Å². The van der Waals surface area contributed by atoms with Crippen LogP contribution in [0.5, 0.6) is 5.75 Å². The Labute approximate surface area is 189 Å². The quantitative estimate of drug-likeness (QED) is 0.276. The van der Waals surface area contributed by atoms with Gasteiger partial charge in [0.1, 0.15) is 12.4 Å². The third kappa shape index (κ3) is 8.11. The summed E-state index contributed by atoms with van der Waals surface area (Å²) in [6.07, 6.45) is 2.70. The number of hydrogen-bond acceptors (Lipinski definition) is 3. The highest BCUT2D eigenvalue weighted by Crippen LogP contribution is 2.14. The summed E-state index contributed by atoms with van der Waals surface area (Å²) in [5.74, 6) is 1.65. The molecule has 29 heavy (non-hydrogen) atoms. The summed E-state index contributed by atoms with van der Waals surface area (Å²) in [6.45, 7) is 2.03. The van der Waals surface area contributed by atoms with Crippen LogP contribution in [0.4, 0.5) is 0 Å². The molecule has 0 unspecified atom stereocenters. The van der Waals surface area contributed by atoms with E-state index in [0.717, 1.165) is 30.4 Å². The molecule has 0 atom stereocenters. The standard InChI is InChI=1S/C23H26N4O.HI/c1-24-23(27-17-21-9-5-6-15-25-21)26-16-14-19-10-12-22(13-11-19)28-18-20-7-3-2-4-8-20;/h2-13,15H,14,16-18H2,1H3,(H2,24,26,27);1H. The molecule has 0 saturated carbocycles. The van der Waals surface area contributed by atoms with E-state index in [4.69, 9.17) is 4.74 Å². The molecule has 1 aromatic heterocycles. The minimum Gasteiger partial charge on any atom is -0.489 e. The van der Waals surface area contributed by atoms with Crippen LogP contribution in [0, 0.1) is 0 Å². The number of aliphatic imine (C=N–C) groups is 1. The Kier molecular flexibility index (Phi) is 9.99. The van der Waals surface area contributed by atoms with Gasteiger partial charge in [-0.15, -0.1) is 24.0 Å². The van der Waals surface area contributed by atoms with Crippen molar-refractivity contribution >= 4 is 29.9 Å². The van der Waals surface area contributed by atoms with E-state index >= 15 is 0 Å². The highest BCUT2D eigenvalue weighted by atomic mass is 127. The van der Waals surface area contributed by atoms with Crippen molar-refractivity contribution in [1.29, 1.82) is 0 Å². The van der Waals surface area contributed by atoms with Crippen LogP contribution in [0.3, 0.4) is 0 Å². The lowest BCUT2D eigenvalue weighted by Gasteiger charge is -2.12. The summed E-state index contributed by atoms with van der Waals surface area (Å²) in [5.41, 5.74) is 3.40. The number of guanidine groups is 1. The van der Waals surface area contributed by atoms with Crippen molar-refractivity contribution in [3.63, 3.8) is 0 Å². The van der Waals surface area contributed by atoms with Gasteiger partial charge in [-0.1, -0.05) is 48.5 Å². The molecule has 0 radical (unpaired) electrons. The van der Waals surface area contributed by atoms with E-state index in [1.807, 2.05) is 48.5 Å². The van der Waals surface area contributed by atoms with Crippen molar-refractivity contribution in [3.8, 4) is 5.75 Å². The van der Waals surface area contributed by atoms with Crippen LogP contribution in [-0.4, -0.2) is 24.5 Å². The van der Waals surface area contributed by atoms with E-state index < -0.39 is 0 Å². The van der Waals surface area contributed by atoms with E-state index in [0.29, 0.717) is 13.2 Å². The third-order valence-electron chi connectivity index (χ3n) is 4.26. The Hall–Kier alpha value is -2.61. The second kappa shape index (κ2) is 12.8. The zero-order chi connectivity index (χ0) is 19.4. The number of halogens is 1. The number of hydrogen-bond donors (Lipinski definition) is 2. The second-order valence-corrected chi connectivity index (χ2v) is 6.34. The molecule has 0 spiro atoms. The molecule has 0 fully saturated rings. The fraction of sp³-hybridized carbons (Fsp3) is 0.217. The van der Waals surface area contributed by atoms with Gasteiger partial charge in [-0.2, -0.15) is 0 Å². The predicted molar refractivity (Wildman–Crippen MR) is 129 cm³/mol. The molecule has 5 nitrogen and oxygen atoms in total. The normalized spacial score (nSPS) is 10.7. The van der Waals surface area contributed by atoms with Gasteiger partial charge in [-0.3, -0.25) is 9.98 Å². The lowest BCUT2D eigenvalue weighted by Crippen LogP contribution is -2.38. The van der Waals surface area contributed by atoms with Gasteiger partial charge in [-0.25, -0.2) is 0 Å². The molecule has 0 bridgehead atoms. The van der Waals surface area contributed by atoms with Crippen LogP contribution in [-0.2, 0) is 19.6 Å². The molecular weight excluding hydrogens is 475 g/mol. The lowest BCUT2D eigenvalue weighted by molar-refractivity contribution is 0.306. The molecule has 6 heteroatoms. The second-order valence-electron chi connectivity index (χ2n) is 6.34. The maximum absolute atomic E-state index is 5.83. The summed E-state index contributed by atoms with van der Waals surface area (Å²) in [4.78, 5) is 8.55. The molecule has 3 aromatic rings. The molecule has 2 aromatic carbocycles. The fourth-order valence-electron chi connectivity index (χ4n) is 2.72. The number of nitrogens with zero attached hydrogens (tertiary/aromatic N) is 2. The summed E-state index contributed by atoms with van der Waals surface area (Å²) in [5, 5.41) is 6.60. The van der Waals surface area contributed by atoms with Crippen LogP contribution in [0.25, 0.3) is 0 Å². The lowest BCUT2D eigenvalue weighted by atomic mass is 10.1. The highest BCUT2D eigenvalue weighted by Gasteiger charge is 2.00. The highest BCUT2D eigenvalue weighted by molar-refractivity contribution is 14.0. The molecule has 0 aliphatic carbocycles. The van der Waals surface area contributed by atoms with Crippen LogP contribution < -0.4 is 15.4 Å². The zero-order valence-electron chi connectivity index (χ0n) is 16.5. The summed E-state index contributed by atoms with van der Waals surface area (Å²) in [6, 6.07) is 24.3. The van der Waals surface area contributed by atoms with Crippen molar-refractivity contribution in [2.24, 2.45) is 4.99 Å². The predicted octanol–water partition coefficient (Wildman–Crippen LogP) is 4.19. The van der Waals surface area contributed by atoms with Crippen LogP contribution >= 0.6 is 24.0 Å². The molecule has 1 heterocycles. The summed E-state index contributed by atoms with van der Waals surface area (Å²) >= 11 is 0. The van der Waals surface area contributed by atoms with Crippen LogP contribution in [0.2, 0.25) is 0 Å². The number of benzene rings is 2. The summed E-state index contributed by atoms with van der Waals surface area (Å²) < 4.78 is 5.83. The van der Waals surface area contributed by atoms with E-state index in [1.54, 1.807) is 13.2 Å². The van der Waals surface area contributed by atoms with E-state index in [1.165, 1.54) is 11.1 Å². The van der Waals surface area contributed by atoms with Gasteiger partial charge in [0.2, 0.25) is 0 Å². The van der Waals surface area contributed by atoms with Gasteiger partial charge in [0.15, 0.2) is 5.96 Å². The molecule has 3 rings (SSSR count). The average Bonchev–Trinajstić information content (AvgIpc) is 2.77. The molecule has 0 aliphatic heterocycles. The first-order valence-electron chi connectivity index (χ1n) is 9.43. The fourth-order valence-corrected chi connectivity index (χ4v) is 2.72. The van der Waals surface area contributed by atoms with E-state index in [9.17, 15) is 0 Å². The minimum atomic E-state index is 0. The van der Waals surface area contributed by atoms with Crippen molar-refractivity contribution in [1.82, 2.24) is 15.6 Å². The van der Waals surface area contributed by atoms with E-state index in [2.05, 4.69) is 44.9 Å². The van der Waals surface area contributed by atoms with Gasteiger partial charge >= 0.3 is 0 Å². The topological polar surface area (TPSA) is 58.5 Å². The Bertz CT molecular complexity index is 855. The number of ether oxygens (including phenoxy) is 1. The van der Waals surface area contributed by atoms with Gasteiger partial charge < -0.3 is 15.4 Å². The molecule has 0 saturated heterocycles. The number of pyridine rings is 1. The smallest absolute Gasteiger partial charge is 0.191 e. The summed E-state index contributed by atoms with van der Waals surface area (Å²) in [7, 11) is 1.77. The largest absolute Gasteiger partial charge is 0.489 e. The maximum atomic E-state index is 5.83. The first kappa shape index (κ1) is 22.7. The van der Waals surface area contributed by atoms with Crippen molar-refractivity contribution in [3.05, 3.63) is 95.8 Å². The molecular formula is C23H27IN4O. The minimum absolute atomic E-state index is 0. The SMILES string of the molecule is CN=C(NCCc1ccc(OCc2ccccc2)cc1)NCc1ccccn1.I. The van der Waals surface area contributed by atoms with Gasteiger partial charge in [0.05, 0.1) is 12.2 Å². The van der Waals surface area contributed by atoms with Crippen LogP contribution in [0.15, 0.2) is 84.0 Å². The van der Waals surface area contributed by atoms with Crippen molar-refractivity contribution in [2.75, 3.05) is 13.6 Å². The van der Waals surface area contributed by atoms with Crippen LogP contribution in [0.1, 0.15) is 16.8 Å². The first-order chi connectivity index (χ1) is 13.8. The van der Waals surface area contributed by atoms with E-state index in [-0.39, 0.29) is 24.0 Å². The zero-order valence-corrected chi connectivity index (χ0v) is 18.9. The maximum Gasteiger partial charge on any atom is 0.191 e. The number of aromatic nitrogens is 1. The van der Waals surface area contributed by atoms with Crippen molar-refractivity contribution in [2.45, 2.75) is 19.6 Å². The average molecular weight is 502 g/mol. The molecule has 0 aliphatic rings. The first-order valence-corrected chi connectivity index (χ1v) is 9.43. The molecule has 2 N–H and O–H groups in total. The number of rotatable bonds is 8. The molecule has 0 amide bonds. The number of nitrogens with one attached hydrogen (secondary N) is 2. The Morgan fingerprint density at radius 2 is 1.66 bits per heavy atom. The Balaban J connectivity index is 0.00000300. The van der Waals surface area contributed by atoms with Gasteiger partial charge in [0, 0.05) is 19.8 Å². The Morgan fingerprint density at radius 3 is 2.34 bits per heavy atom. The molecule has 152 valence electrons. The third-order valence-corrected chi connectivity index (χ3v) is 4.26. The monoisotopic (exact) mass is 502 g/mol.